The van der Waals surface area contributed by atoms with Crippen LogP contribution in [0.5, 0.6) is 0 Å². The highest BCUT2D eigenvalue weighted by atomic mass is 35.5. The Balaban J connectivity index is 1.97. The van der Waals surface area contributed by atoms with Crippen LogP contribution in [0.3, 0.4) is 0 Å². The molecule has 0 radical (unpaired) electrons. The summed E-state index contributed by atoms with van der Waals surface area (Å²) in [5.74, 6) is -1.44. The van der Waals surface area contributed by atoms with E-state index >= 15 is 0 Å². The van der Waals surface area contributed by atoms with Crippen molar-refractivity contribution in [1.82, 2.24) is 10.6 Å². The van der Waals surface area contributed by atoms with Gasteiger partial charge in [-0.1, -0.05) is 11.6 Å². The zero-order chi connectivity index (χ0) is 19.8. The fourth-order valence-electron chi connectivity index (χ4n) is 2.77. The van der Waals surface area contributed by atoms with Crippen molar-refractivity contribution >= 4 is 29.2 Å². The van der Waals surface area contributed by atoms with Gasteiger partial charge in [0.25, 0.3) is 5.91 Å². The number of nitrogens with one attached hydrogen (secondary N) is 3. The van der Waals surface area contributed by atoms with Crippen LogP contribution in [0.1, 0.15) is 15.9 Å². The molecule has 2 aromatic carbocycles. The number of fused-ring (bicyclic) bond motifs is 1. The zero-order valence-electron chi connectivity index (χ0n) is 13.5. The lowest BCUT2D eigenvalue weighted by Crippen LogP contribution is -2.64. The quantitative estimate of drug-likeness (QED) is 0.685. The van der Waals surface area contributed by atoms with Crippen molar-refractivity contribution in [2.24, 2.45) is 0 Å². The second kappa shape index (κ2) is 6.73. The van der Waals surface area contributed by atoms with Gasteiger partial charge in [-0.05, 0) is 42.5 Å². The van der Waals surface area contributed by atoms with E-state index in [0.717, 1.165) is 30.3 Å². The third-order valence-corrected chi connectivity index (χ3v) is 4.36. The standard InChI is InChI=1S/C17H12ClF4N3O2/c18-10-3-6-13-12(7-10)16(17(20,21)22,25-15(27)24-13)8-23-14(26)9-1-4-11(19)5-2-9/h1-7H,8H2,(H,23,26)(H2,24,25,27). The Morgan fingerprint density at radius 3 is 2.44 bits per heavy atom. The van der Waals surface area contributed by atoms with Crippen LogP contribution in [0, 0.1) is 5.82 Å². The molecule has 10 heteroatoms. The number of alkyl halides is 3. The SMILES string of the molecule is O=C1Nc2ccc(Cl)cc2C(CNC(=O)c2ccc(F)cc2)(C(F)(F)F)N1. The van der Waals surface area contributed by atoms with Crippen LogP contribution in [-0.4, -0.2) is 24.7 Å². The molecule has 3 N–H and O–H groups in total. The maximum atomic E-state index is 14.0. The first kappa shape index (κ1) is 19.0. The van der Waals surface area contributed by atoms with E-state index in [9.17, 15) is 27.2 Å². The molecule has 1 unspecified atom stereocenters. The van der Waals surface area contributed by atoms with Gasteiger partial charge < -0.3 is 16.0 Å². The normalized spacial score (nSPS) is 18.9. The number of rotatable bonds is 3. The van der Waals surface area contributed by atoms with Gasteiger partial charge in [0.1, 0.15) is 5.82 Å². The molecule has 0 bridgehead atoms. The minimum absolute atomic E-state index is 0.0275. The molecule has 2 aromatic rings. The summed E-state index contributed by atoms with van der Waals surface area (Å²) in [5, 5.41) is 6.32. The smallest absolute Gasteiger partial charge is 0.349 e. The molecule has 0 fully saturated rings. The minimum atomic E-state index is -4.94. The fraction of sp³-hybridized carbons (Fsp3) is 0.176. The summed E-state index contributed by atoms with van der Waals surface area (Å²) in [6.07, 6.45) is -4.94. The zero-order valence-corrected chi connectivity index (χ0v) is 14.2. The third-order valence-electron chi connectivity index (χ3n) is 4.12. The van der Waals surface area contributed by atoms with Crippen LogP contribution >= 0.6 is 11.6 Å². The molecule has 1 atom stereocenters. The van der Waals surface area contributed by atoms with Gasteiger partial charge in [0, 0.05) is 21.8 Å². The van der Waals surface area contributed by atoms with Gasteiger partial charge in [-0.3, -0.25) is 4.79 Å². The molecule has 3 amide bonds. The van der Waals surface area contributed by atoms with Crippen molar-refractivity contribution in [1.29, 1.82) is 0 Å². The Labute approximate surface area is 155 Å². The van der Waals surface area contributed by atoms with E-state index < -0.39 is 36.0 Å². The van der Waals surface area contributed by atoms with E-state index in [1.165, 1.54) is 12.1 Å². The van der Waals surface area contributed by atoms with Gasteiger partial charge in [-0.15, -0.1) is 0 Å². The molecule has 0 aliphatic carbocycles. The number of hydrogen-bond acceptors (Lipinski definition) is 2. The minimum Gasteiger partial charge on any atom is -0.349 e. The predicted molar refractivity (Wildman–Crippen MR) is 90.1 cm³/mol. The van der Waals surface area contributed by atoms with Crippen LogP contribution in [-0.2, 0) is 5.54 Å². The Bertz CT molecular complexity index is 902. The highest BCUT2D eigenvalue weighted by molar-refractivity contribution is 6.30. The van der Waals surface area contributed by atoms with Crippen LogP contribution in [0.2, 0.25) is 5.02 Å². The van der Waals surface area contributed by atoms with Gasteiger partial charge in [0.15, 0.2) is 5.54 Å². The summed E-state index contributed by atoms with van der Waals surface area (Å²) in [4.78, 5) is 24.0. The van der Waals surface area contributed by atoms with E-state index in [-0.39, 0.29) is 21.8 Å². The van der Waals surface area contributed by atoms with Gasteiger partial charge in [0.05, 0.1) is 6.54 Å². The number of urea groups is 1. The van der Waals surface area contributed by atoms with E-state index in [1.54, 1.807) is 0 Å². The van der Waals surface area contributed by atoms with E-state index in [0.29, 0.717) is 0 Å². The lowest BCUT2D eigenvalue weighted by molar-refractivity contribution is -0.195. The number of amides is 3. The number of carbonyl (C=O) groups excluding carboxylic acids is 2. The van der Waals surface area contributed by atoms with Gasteiger partial charge in [-0.2, -0.15) is 13.2 Å². The van der Waals surface area contributed by atoms with Crippen molar-refractivity contribution in [2.75, 3.05) is 11.9 Å². The summed E-state index contributed by atoms with van der Waals surface area (Å²) in [5.41, 5.74) is -3.32. The topological polar surface area (TPSA) is 70.2 Å². The van der Waals surface area contributed by atoms with Crippen molar-refractivity contribution in [2.45, 2.75) is 11.7 Å². The van der Waals surface area contributed by atoms with Gasteiger partial charge in [-0.25, -0.2) is 9.18 Å². The Kier molecular flexibility index (Phi) is 4.73. The molecule has 0 saturated carbocycles. The summed E-state index contributed by atoms with van der Waals surface area (Å²) >= 11 is 5.83. The monoisotopic (exact) mass is 401 g/mol. The number of benzene rings is 2. The maximum absolute atomic E-state index is 14.0. The molecule has 142 valence electrons. The molecule has 1 heterocycles. The third kappa shape index (κ3) is 3.55. The summed E-state index contributed by atoms with van der Waals surface area (Å²) in [6.45, 7) is -0.979. The second-order valence-corrected chi connectivity index (χ2v) is 6.30. The number of anilines is 1. The lowest BCUT2D eigenvalue weighted by atomic mass is 9.86. The molecule has 0 aromatic heterocycles. The molecule has 27 heavy (non-hydrogen) atoms. The lowest BCUT2D eigenvalue weighted by Gasteiger charge is -2.41. The molecule has 5 nitrogen and oxygen atoms in total. The van der Waals surface area contributed by atoms with E-state index in [2.05, 4.69) is 10.6 Å². The summed E-state index contributed by atoms with van der Waals surface area (Å²) in [7, 11) is 0. The Morgan fingerprint density at radius 2 is 1.81 bits per heavy atom. The maximum Gasteiger partial charge on any atom is 0.417 e. The molecule has 1 aliphatic heterocycles. The van der Waals surface area contributed by atoms with Gasteiger partial charge >= 0.3 is 12.2 Å². The second-order valence-electron chi connectivity index (χ2n) is 5.86. The van der Waals surface area contributed by atoms with Crippen LogP contribution in [0.25, 0.3) is 0 Å². The van der Waals surface area contributed by atoms with Gasteiger partial charge in [0.2, 0.25) is 0 Å². The number of halogens is 5. The largest absolute Gasteiger partial charge is 0.417 e. The van der Waals surface area contributed by atoms with Crippen LogP contribution in [0.4, 0.5) is 28.0 Å². The highest BCUT2D eigenvalue weighted by Crippen LogP contribution is 2.44. The van der Waals surface area contributed by atoms with Crippen LogP contribution < -0.4 is 16.0 Å². The molecular formula is C17H12ClF4N3O2. The first-order valence-electron chi connectivity index (χ1n) is 7.62. The molecule has 0 spiro atoms. The Morgan fingerprint density at radius 1 is 1.15 bits per heavy atom. The number of hydrogen-bond donors (Lipinski definition) is 3. The van der Waals surface area contributed by atoms with Crippen molar-refractivity contribution in [3.8, 4) is 0 Å². The predicted octanol–water partition coefficient (Wildman–Crippen LogP) is 3.80. The molecular weight excluding hydrogens is 390 g/mol. The highest BCUT2D eigenvalue weighted by Gasteiger charge is 2.59. The average Bonchev–Trinajstić information content (AvgIpc) is 2.59. The van der Waals surface area contributed by atoms with E-state index in [4.69, 9.17) is 11.6 Å². The number of carbonyl (C=O) groups is 2. The first-order valence-corrected chi connectivity index (χ1v) is 8.00. The summed E-state index contributed by atoms with van der Waals surface area (Å²) < 4.78 is 54.9. The summed E-state index contributed by atoms with van der Waals surface area (Å²) in [6, 6.07) is 6.88. The van der Waals surface area contributed by atoms with Crippen molar-refractivity contribution < 1.29 is 27.2 Å². The molecule has 1 aliphatic rings. The first-order chi connectivity index (χ1) is 12.6. The van der Waals surface area contributed by atoms with Crippen molar-refractivity contribution in [3.05, 3.63) is 64.4 Å². The fourth-order valence-corrected chi connectivity index (χ4v) is 2.94. The molecule has 0 saturated heterocycles. The van der Waals surface area contributed by atoms with Crippen molar-refractivity contribution in [3.63, 3.8) is 0 Å². The van der Waals surface area contributed by atoms with Crippen LogP contribution in [0.15, 0.2) is 42.5 Å². The Hall–Kier alpha value is -2.81. The van der Waals surface area contributed by atoms with E-state index in [1.807, 2.05) is 5.32 Å². The molecule has 3 rings (SSSR count). The average molecular weight is 402 g/mol.